The molecule has 4 nitrogen and oxygen atoms in total. The second-order valence-corrected chi connectivity index (χ2v) is 4.28. The van der Waals surface area contributed by atoms with E-state index < -0.39 is 11.9 Å². The molecular weight excluding hydrogens is 233 g/mol. The van der Waals surface area contributed by atoms with Crippen LogP contribution >= 0.6 is 0 Å². The molecule has 0 aromatic carbocycles. The van der Waals surface area contributed by atoms with Gasteiger partial charge in [0.05, 0.1) is 6.54 Å². The number of nitrogens with zero attached hydrogens (tertiary/aromatic N) is 2. The van der Waals surface area contributed by atoms with Gasteiger partial charge in [0.1, 0.15) is 5.82 Å². The van der Waals surface area contributed by atoms with E-state index in [2.05, 4.69) is 10.4 Å². The van der Waals surface area contributed by atoms with Gasteiger partial charge in [-0.1, -0.05) is 6.42 Å². The molecule has 2 heterocycles. The van der Waals surface area contributed by atoms with Crippen LogP contribution in [0.3, 0.4) is 0 Å². The molecule has 0 radical (unpaired) electrons. The summed E-state index contributed by atoms with van der Waals surface area (Å²) in [5, 5.41) is 6.75. The summed E-state index contributed by atoms with van der Waals surface area (Å²) in [4.78, 5) is 0. The van der Waals surface area contributed by atoms with Crippen LogP contribution < -0.4 is 11.1 Å². The third-order valence-electron chi connectivity index (χ3n) is 2.91. The van der Waals surface area contributed by atoms with Crippen LogP contribution in [0.25, 0.3) is 0 Å². The van der Waals surface area contributed by atoms with Crippen molar-refractivity contribution in [2.75, 3.05) is 12.3 Å². The number of hydrogen-bond acceptors (Lipinski definition) is 3. The monoisotopic (exact) mass is 248 g/mol. The van der Waals surface area contributed by atoms with E-state index >= 15 is 0 Å². The highest BCUT2D eigenvalue weighted by atomic mass is 19.4. The highest BCUT2D eigenvalue weighted by Gasteiger charge is 2.34. The Morgan fingerprint density at radius 2 is 2.24 bits per heavy atom. The van der Waals surface area contributed by atoms with Crippen LogP contribution in [0.5, 0.6) is 0 Å². The van der Waals surface area contributed by atoms with E-state index in [0.717, 1.165) is 31.9 Å². The van der Waals surface area contributed by atoms with Gasteiger partial charge in [-0.25, -0.2) is 4.68 Å². The summed E-state index contributed by atoms with van der Waals surface area (Å²) in [5.74, 6) is 0.0599. The second-order valence-electron chi connectivity index (χ2n) is 4.28. The average Bonchev–Trinajstić information content (AvgIpc) is 2.62. The zero-order valence-corrected chi connectivity index (χ0v) is 9.30. The van der Waals surface area contributed by atoms with Crippen molar-refractivity contribution in [2.45, 2.75) is 38.0 Å². The number of nitrogen functional groups attached to an aromatic ring is 1. The zero-order chi connectivity index (χ0) is 12.5. The lowest BCUT2D eigenvalue weighted by molar-refractivity contribution is -0.141. The van der Waals surface area contributed by atoms with E-state index in [1.54, 1.807) is 0 Å². The third kappa shape index (κ3) is 2.91. The number of anilines is 1. The third-order valence-corrected chi connectivity index (χ3v) is 2.91. The Morgan fingerprint density at radius 3 is 2.76 bits per heavy atom. The van der Waals surface area contributed by atoms with E-state index in [1.807, 2.05) is 0 Å². The predicted octanol–water partition coefficient (Wildman–Crippen LogP) is 1.63. The number of hydrogen-bond donors (Lipinski definition) is 2. The van der Waals surface area contributed by atoms with Crippen molar-refractivity contribution in [3.63, 3.8) is 0 Å². The molecular formula is C10H15F3N4. The fourth-order valence-electron chi connectivity index (χ4n) is 2.00. The van der Waals surface area contributed by atoms with Crippen molar-refractivity contribution in [2.24, 2.45) is 0 Å². The van der Waals surface area contributed by atoms with Crippen LogP contribution in [0, 0.1) is 0 Å². The molecule has 1 aromatic rings. The van der Waals surface area contributed by atoms with Crippen molar-refractivity contribution in [3.05, 3.63) is 11.8 Å². The Hall–Kier alpha value is -1.24. The topological polar surface area (TPSA) is 55.9 Å². The predicted molar refractivity (Wildman–Crippen MR) is 57.3 cm³/mol. The summed E-state index contributed by atoms with van der Waals surface area (Å²) in [5.41, 5.74) is 4.60. The largest absolute Gasteiger partial charge is 0.435 e. The minimum absolute atomic E-state index is 0.0599. The second kappa shape index (κ2) is 4.56. The van der Waals surface area contributed by atoms with E-state index in [0.29, 0.717) is 6.54 Å². The zero-order valence-electron chi connectivity index (χ0n) is 9.30. The minimum Gasteiger partial charge on any atom is -0.384 e. The minimum atomic E-state index is -4.43. The Morgan fingerprint density at radius 1 is 1.47 bits per heavy atom. The highest BCUT2D eigenvalue weighted by molar-refractivity contribution is 5.32. The Balaban J connectivity index is 2.07. The number of rotatable bonds is 2. The molecule has 1 aliphatic rings. The first-order chi connectivity index (χ1) is 7.97. The molecule has 0 bridgehead atoms. The van der Waals surface area contributed by atoms with Gasteiger partial charge < -0.3 is 11.1 Å². The number of nitrogens with one attached hydrogen (secondary N) is 1. The van der Waals surface area contributed by atoms with Gasteiger partial charge in [-0.3, -0.25) is 0 Å². The van der Waals surface area contributed by atoms with Gasteiger partial charge >= 0.3 is 6.18 Å². The molecule has 0 amide bonds. The van der Waals surface area contributed by atoms with Crippen molar-refractivity contribution in [3.8, 4) is 0 Å². The normalized spacial score (nSPS) is 21.7. The van der Waals surface area contributed by atoms with Gasteiger partial charge in [-0.15, -0.1) is 0 Å². The smallest absolute Gasteiger partial charge is 0.384 e. The highest BCUT2D eigenvalue weighted by Crippen LogP contribution is 2.29. The maximum absolute atomic E-state index is 12.4. The van der Waals surface area contributed by atoms with Gasteiger partial charge in [0, 0.05) is 12.1 Å². The van der Waals surface area contributed by atoms with Gasteiger partial charge in [0.25, 0.3) is 0 Å². The number of aromatic nitrogens is 2. The van der Waals surface area contributed by atoms with Crippen LogP contribution in [-0.2, 0) is 12.7 Å². The Kier molecular flexibility index (Phi) is 3.28. The summed E-state index contributed by atoms with van der Waals surface area (Å²) < 4.78 is 38.5. The number of piperidine rings is 1. The standard InChI is InChI=1S/C10H15F3N4/c11-10(12,13)8-5-9(14)17(16-8)6-7-3-1-2-4-15-7/h5,7,15H,1-4,6,14H2/t7-/m0/s1. The Labute approximate surface area is 97.0 Å². The van der Waals surface area contributed by atoms with E-state index in [9.17, 15) is 13.2 Å². The van der Waals surface area contributed by atoms with Crippen LogP contribution in [-0.4, -0.2) is 22.4 Å². The number of nitrogens with two attached hydrogens (primary N) is 1. The maximum atomic E-state index is 12.4. The Bertz CT molecular complexity index is 379. The van der Waals surface area contributed by atoms with Crippen LogP contribution in [0.15, 0.2) is 6.07 Å². The summed E-state index contributed by atoms with van der Waals surface area (Å²) in [6, 6.07) is 1.04. The molecule has 1 aliphatic heterocycles. The van der Waals surface area contributed by atoms with Crippen molar-refractivity contribution < 1.29 is 13.2 Å². The molecule has 17 heavy (non-hydrogen) atoms. The number of halogens is 3. The van der Waals surface area contributed by atoms with Crippen molar-refractivity contribution in [1.29, 1.82) is 0 Å². The lowest BCUT2D eigenvalue weighted by Gasteiger charge is -2.23. The molecule has 3 N–H and O–H groups in total. The molecule has 1 atom stereocenters. The van der Waals surface area contributed by atoms with E-state index in [1.165, 1.54) is 4.68 Å². The van der Waals surface area contributed by atoms with Gasteiger partial charge in [0.2, 0.25) is 0 Å². The molecule has 0 unspecified atom stereocenters. The SMILES string of the molecule is Nc1cc(C(F)(F)F)nn1C[C@@H]1CCCCN1. The van der Waals surface area contributed by atoms with Crippen LogP contribution in [0.1, 0.15) is 25.0 Å². The van der Waals surface area contributed by atoms with Crippen LogP contribution in [0.2, 0.25) is 0 Å². The lowest BCUT2D eigenvalue weighted by Crippen LogP contribution is -2.37. The summed E-state index contributed by atoms with van der Waals surface area (Å²) in [6.45, 7) is 1.29. The molecule has 96 valence electrons. The number of alkyl halides is 3. The van der Waals surface area contributed by atoms with Gasteiger partial charge in [-0.2, -0.15) is 18.3 Å². The first-order valence-corrected chi connectivity index (χ1v) is 5.61. The van der Waals surface area contributed by atoms with Gasteiger partial charge in [0.15, 0.2) is 5.69 Å². The van der Waals surface area contributed by atoms with Gasteiger partial charge in [-0.05, 0) is 19.4 Å². The van der Waals surface area contributed by atoms with Crippen molar-refractivity contribution >= 4 is 5.82 Å². The molecule has 1 aromatic heterocycles. The summed E-state index contributed by atoms with van der Waals surface area (Å²) in [7, 11) is 0. The van der Waals surface area contributed by atoms with E-state index in [4.69, 9.17) is 5.73 Å². The molecule has 0 aliphatic carbocycles. The molecule has 0 saturated carbocycles. The van der Waals surface area contributed by atoms with E-state index in [-0.39, 0.29) is 11.9 Å². The van der Waals surface area contributed by atoms with Crippen molar-refractivity contribution in [1.82, 2.24) is 15.1 Å². The summed E-state index contributed by atoms with van der Waals surface area (Å²) >= 11 is 0. The quantitative estimate of drug-likeness (QED) is 0.836. The average molecular weight is 248 g/mol. The molecule has 1 saturated heterocycles. The van der Waals surface area contributed by atoms with Crippen LogP contribution in [0.4, 0.5) is 19.0 Å². The lowest BCUT2D eigenvalue weighted by atomic mass is 10.1. The fraction of sp³-hybridized carbons (Fsp3) is 0.700. The summed E-state index contributed by atoms with van der Waals surface area (Å²) in [6.07, 6.45) is -1.29. The maximum Gasteiger partial charge on any atom is 0.435 e. The molecule has 0 spiro atoms. The molecule has 1 fully saturated rings. The molecule has 7 heteroatoms. The fourth-order valence-corrected chi connectivity index (χ4v) is 2.00. The molecule has 2 rings (SSSR count). The first kappa shape index (κ1) is 12.2. The first-order valence-electron chi connectivity index (χ1n) is 5.61.